The number of nitrogens with zero attached hydrogens (tertiary/aromatic N) is 4. The van der Waals surface area contributed by atoms with Gasteiger partial charge in [-0.15, -0.1) is 0 Å². The van der Waals surface area contributed by atoms with Crippen LogP contribution in [0.2, 0.25) is 0 Å². The van der Waals surface area contributed by atoms with Crippen LogP contribution < -0.4 is 15.8 Å². The van der Waals surface area contributed by atoms with E-state index in [4.69, 9.17) is 4.42 Å². The fraction of sp³-hybridized carbons (Fsp3) is 0.269. The highest BCUT2D eigenvalue weighted by Gasteiger charge is 2.35. The van der Waals surface area contributed by atoms with Crippen molar-refractivity contribution in [3.63, 3.8) is 0 Å². The highest BCUT2D eigenvalue weighted by atomic mass is 16.3. The lowest BCUT2D eigenvalue weighted by atomic mass is 10.1. The van der Waals surface area contributed by atoms with Gasteiger partial charge in [0, 0.05) is 36.0 Å². The van der Waals surface area contributed by atoms with Crippen LogP contribution in [0.15, 0.2) is 57.9 Å². The molecule has 1 aromatic carbocycles. The van der Waals surface area contributed by atoms with Crippen molar-refractivity contribution in [3.05, 3.63) is 75.9 Å². The molecule has 0 saturated carbocycles. The second-order valence-corrected chi connectivity index (χ2v) is 8.84. The first-order valence-electron chi connectivity index (χ1n) is 11.8. The molecule has 2 amide bonds. The lowest BCUT2D eigenvalue weighted by molar-refractivity contribution is -0.122. The van der Waals surface area contributed by atoms with Crippen LogP contribution in [-0.2, 0) is 16.0 Å². The summed E-state index contributed by atoms with van der Waals surface area (Å²) in [6.45, 7) is 5.89. The Kier molecular flexibility index (Phi) is 6.01. The van der Waals surface area contributed by atoms with Crippen LogP contribution in [0.3, 0.4) is 0 Å². The van der Waals surface area contributed by atoms with Gasteiger partial charge in [0.1, 0.15) is 11.5 Å². The van der Waals surface area contributed by atoms with Gasteiger partial charge in [0.05, 0.1) is 12.2 Å². The molecule has 1 fully saturated rings. The topological polar surface area (TPSA) is 126 Å². The number of carbonyl (C=O) groups excluding carboxylic acids is 2. The zero-order valence-corrected chi connectivity index (χ0v) is 20.2. The van der Waals surface area contributed by atoms with Gasteiger partial charge in [-0.25, -0.2) is 4.98 Å². The summed E-state index contributed by atoms with van der Waals surface area (Å²) in [5.74, 6) is -0.0125. The summed E-state index contributed by atoms with van der Waals surface area (Å²) in [6.07, 6.45) is 2.16. The van der Waals surface area contributed by atoms with Crippen LogP contribution in [-0.4, -0.2) is 38.1 Å². The van der Waals surface area contributed by atoms with Gasteiger partial charge in [-0.2, -0.15) is 9.78 Å². The maximum Gasteiger partial charge on any atom is 0.255 e. The molecule has 1 saturated heterocycles. The normalized spacial score (nSPS) is 15.5. The van der Waals surface area contributed by atoms with Gasteiger partial charge in [0.15, 0.2) is 5.76 Å². The fourth-order valence-electron chi connectivity index (χ4n) is 4.37. The molecular weight excluding hydrogens is 460 g/mol. The summed E-state index contributed by atoms with van der Waals surface area (Å²) in [6, 6.07) is 12.7. The van der Waals surface area contributed by atoms with Crippen molar-refractivity contribution in [2.24, 2.45) is 5.92 Å². The van der Waals surface area contributed by atoms with Crippen LogP contribution in [0.1, 0.15) is 30.2 Å². The first-order chi connectivity index (χ1) is 17.3. The maximum absolute atomic E-state index is 13.3. The predicted molar refractivity (Wildman–Crippen MR) is 134 cm³/mol. The third-order valence-electron chi connectivity index (χ3n) is 6.34. The van der Waals surface area contributed by atoms with Crippen molar-refractivity contribution in [1.82, 2.24) is 19.7 Å². The van der Waals surface area contributed by atoms with E-state index in [0.29, 0.717) is 35.0 Å². The second-order valence-electron chi connectivity index (χ2n) is 8.84. The van der Waals surface area contributed by atoms with Crippen molar-refractivity contribution in [3.8, 4) is 17.4 Å². The number of furan rings is 1. The average Bonchev–Trinajstić information content (AvgIpc) is 3.59. The van der Waals surface area contributed by atoms with Crippen LogP contribution in [0.5, 0.6) is 0 Å². The average molecular weight is 487 g/mol. The van der Waals surface area contributed by atoms with Gasteiger partial charge in [-0.1, -0.05) is 24.6 Å². The van der Waals surface area contributed by atoms with Crippen molar-refractivity contribution in [2.75, 3.05) is 16.8 Å². The molecule has 0 aliphatic carbocycles. The lowest BCUT2D eigenvalue weighted by Gasteiger charge is -2.17. The molecule has 1 aliphatic heterocycles. The van der Waals surface area contributed by atoms with Gasteiger partial charge in [-0.05, 0) is 44.5 Å². The minimum atomic E-state index is -0.551. The monoisotopic (exact) mass is 486 g/mol. The van der Waals surface area contributed by atoms with E-state index in [1.807, 2.05) is 38.1 Å². The third kappa shape index (κ3) is 4.33. The van der Waals surface area contributed by atoms with E-state index in [0.717, 1.165) is 11.3 Å². The first kappa shape index (κ1) is 23.3. The van der Waals surface area contributed by atoms with E-state index in [1.54, 1.807) is 30.0 Å². The molecular formula is C26H26N6O4. The Morgan fingerprint density at radius 1 is 1.19 bits per heavy atom. The number of H-pyrrole nitrogens is 1. The third-order valence-corrected chi connectivity index (χ3v) is 6.34. The Morgan fingerprint density at radius 2 is 1.97 bits per heavy atom. The largest absolute Gasteiger partial charge is 0.463 e. The smallest absolute Gasteiger partial charge is 0.255 e. The second kappa shape index (κ2) is 9.29. The van der Waals surface area contributed by atoms with E-state index < -0.39 is 5.92 Å². The summed E-state index contributed by atoms with van der Waals surface area (Å²) in [7, 11) is 0. The number of hydrogen-bond donors (Lipinski definition) is 2. The summed E-state index contributed by atoms with van der Waals surface area (Å²) < 4.78 is 6.84. The number of nitrogens with one attached hydrogen (secondary N) is 2. The van der Waals surface area contributed by atoms with Gasteiger partial charge in [0.2, 0.25) is 17.8 Å². The molecule has 10 nitrogen and oxygen atoms in total. The maximum atomic E-state index is 13.3. The van der Waals surface area contributed by atoms with E-state index in [9.17, 15) is 14.4 Å². The minimum Gasteiger partial charge on any atom is -0.463 e. The molecule has 184 valence electrons. The number of aromatic amines is 1. The quantitative estimate of drug-likeness (QED) is 0.430. The van der Waals surface area contributed by atoms with E-state index in [1.165, 1.54) is 10.9 Å². The molecule has 4 aromatic rings. The molecule has 36 heavy (non-hydrogen) atoms. The summed E-state index contributed by atoms with van der Waals surface area (Å²) >= 11 is 0. The van der Waals surface area contributed by atoms with Crippen molar-refractivity contribution in [1.29, 1.82) is 0 Å². The summed E-state index contributed by atoms with van der Waals surface area (Å²) in [4.78, 5) is 47.4. The van der Waals surface area contributed by atoms with Crippen LogP contribution in [0.25, 0.3) is 17.4 Å². The number of anilines is 2. The molecule has 0 bridgehead atoms. The molecule has 1 atom stereocenters. The first-order valence-corrected chi connectivity index (χ1v) is 11.8. The number of rotatable bonds is 6. The number of aromatic nitrogens is 4. The summed E-state index contributed by atoms with van der Waals surface area (Å²) in [5.41, 5.74) is 3.22. The Labute approximate surface area is 207 Å². The highest BCUT2D eigenvalue weighted by Crippen LogP contribution is 2.28. The SMILES string of the molecule is CCc1c(C)nc(-n2nc(-c3ccco3)cc2NC(=O)C2CC(=O)N(c3ccc(C)cc3)C2)[nH]c1=O. The van der Waals surface area contributed by atoms with Crippen molar-refractivity contribution in [2.45, 2.75) is 33.6 Å². The molecule has 0 radical (unpaired) electrons. The minimum absolute atomic E-state index is 0.0955. The molecule has 1 aliphatic rings. The number of benzene rings is 1. The molecule has 1 unspecified atom stereocenters. The van der Waals surface area contributed by atoms with Gasteiger partial charge >= 0.3 is 0 Å². The Hall–Kier alpha value is -4.47. The van der Waals surface area contributed by atoms with Crippen LogP contribution >= 0.6 is 0 Å². The van der Waals surface area contributed by atoms with Gasteiger partial charge in [0.25, 0.3) is 5.56 Å². The molecule has 10 heteroatoms. The fourth-order valence-corrected chi connectivity index (χ4v) is 4.37. The highest BCUT2D eigenvalue weighted by molar-refractivity contribution is 6.03. The van der Waals surface area contributed by atoms with Crippen LogP contribution in [0, 0.1) is 19.8 Å². The Bertz CT molecular complexity index is 1480. The molecule has 0 spiro atoms. The summed E-state index contributed by atoms with van der Waals surface area (Å²) in [5, 5.41) is 7.41. The molecule has 2 N–H and O–H groups in total. The molecule has 4 heterocycles. The van der Waals surface area contributed by atoms with Crippen molar-refractivity contribution < 1.29 is 14.0 Å². The number of aryl methyl sites for hydroxylation is 2. The standard InChI is InChI=1S/C26H26N6O4/c1-4-19-16(3)27-26(29-25(19)35)32-22(13-20(30-32)21-6-5-11-36-21)28-24(34)17-12-23(33)31(14-17)18-9-7-15(2)8-10-18/h5-11,13,17H,4,12,14H2,1-3H3,(H,28,34)(H,27,29,35). The predicted octanol–water partition coefficient (Wildman–Crippen LogP) is 3.39. The van der Waals surface area contributed by atoms with E-state index >= 15 is 0 Å². The zero-order chi connectivity index (χ0) is 25.4. The van der Waals surface area contributed by atoms with Crippen LogP contribution in [0.4, 0.5) is 11.5 Å². The van der Waals surface area contributed by atoms with E-state index in [-0.39, 0.29) is 36.3 Å². The Balaban J connectivity index is 1.45. The van der Waals surface area contributed by atoms with Gasteiger partial charge in [-0.3, -0.25) is 19.4 Å². The number of hydrogen-bond acceptors (Lipinski definition) is 6. The van der Waals surface area contributed by atoms with Gasteiger partial charge < -0.3 is 14.6 Å². The van der Waals surface area contributed by atoms with E-state index in [2.05, 4.69) is 20.4 Å². The lowest BCUT2D eigenvalue weighted by Crippen LogP contribution is -2.29. The number of amides is 2. The Morgan fingerprint density at radius 3 is 2.64 bits per heavy atom. The molecule has 3 aromatic heterocycles. The molecule has 5 rings (SSSR count). The zero-order valence-electron chi connectivity index (χ0n) is 20.2. The van der Waals surface area contributed by atoms with Crippen molar-refractivity contribution >= 4 is 23.3 Å². The number of carbonyl (C=O) groups is 2.